The van der Waals surface area contributed by atoms with Crippen LogP contribution in [0.15, 0.2) is 30.3 Å². The Kier molecular flexibility index (Phi) is 8.45. The highest BCUT2D eigenvalue weighted by Gasteiger charge is 2.27. The third-order valence-electron chi connectivity index (χ3n) is 4.94. The van der Waals surface area contributed by atoms with Crippen molar-refractivity contribution in [1.29, 1.82) is 0 Å². The van der Waals surface area contributed by atoms with Crippen LogP contribution in [-0.2, 0) is 16.1 Å². The molecule has 1 aromatic carbocycles. The Bertz CT molecular complexity index is 627. The van der Waals surface area contributed by atoms with E-state index < -0.39 is 0 Å². The van der Waals surface area contributed by atoms with Gasteiger partial charge >= 0.3 is 0 Å². The van der Waals surface area contributed by atoms with Crippen LogP contribution in [0.4, 0.5) is 0 Å². The fourth-order valence-corrected chi connectivity index (χ4v) is 3.63. The molecule has 2 amide bonds. The average molecular weight is 389 g/mol. The molecule has 0 spiro atoms. The molecule has 156 valence electrons. The van der Waals surface area contributed by atoms with Gasteiger partial charge in [-0.15, -0.1) is 0 Å². The molecule has 1 aliphatic rings. The van der Waals surface area contributed by atoms with Gasteiger partial charge in [0.25, 0.3) is 0 Å². The lowest BCUT2D eigenvalue weighted by atomic mass is 10.1. The summed E-state index contributed by atoms with van der Waals surface area (Å²) >= 11 is 0. The Balaban J connectivity index is 1.84. The molecule has 1 aliphatic heterocycles. The van der Waals surface area contributed by atoms with Gasteiger partial charge in [0, 0.05) is 31.7 Å². The van der Waals surface area contributed by atoms with Crippen LogP contribution >= 0.6 is 0 Å². The number of hydrogen-bond acceptors (Lipinski definition) is 4. The van der Waals surface area contributed by atoms with Crippen LogP contribution in [0.25, 0.3) is 0 Å². The summed E-state index contributed by atoms with van der Waals surface area (Å²) in [6.45, 7) is 12.4. The molecule has 1 atom stereocenters. The molecule has 6 heteroatoms. The fraction of sp³-hybridized carbons (Fsp3) is 0.636. The molecule has 0 aromatic heterocycles. The van der Waals surface area contributed by atoms with Crippen molar-refractivity contribution in [3.8, 4) is 0 Å². The molecular formula is C22H36N4O2. The first-order valence-corrected chi connectivity index (χ1v) is 10.4. The third-order valence-corrected chi connectivity index (χ3v) is 4.94. The van der Waals surface area contributed by atoms with Crippen molar-refractivity contribution in [3.05, 3.63) is 35.9 Å². The molecule has 28 heavy (non-hydrogen) atoms. The predicted molar refractivity (Wildman–Crippen MR) is 113 cm³/mol. The molecule has 0 aliphatic carbocycles. The summed E-state index contributed by atoms with van der Waals surface area (Å²) in [5, 5.41) is 6.10. The minimum atomic E-state index is -0.209. The van der Waals surface area contributed by atoms with Crippen LogP contribution in [0.3, 0.4) is 0 Å². The second-order valence-electron chi connectivity index (χ2n) is 8.59. The fourth-order valence-electron chi connectivity index (χ4n) is 3.63. The maximum absolute atomic E-state index is 12.7. The van der Waals surface area contributed by atoms with Gasteiger partial charge in [0.1, 0.15) is 0 Å². The van der Waals surface area contributed by atoms with Crippen molar-refractivity contribution >= 4 is 11.8 Å². The molecule has 0 saturated carbocycles. The number of hydrogen-bond donors (Lipinski definition) is 2. The molecule has 1 heterocycles. The Hall–Kier alpha value is -1.92. The number of carbonyl (C=O) groups is 2. The maximum atomic E-state index is 12.7. The van der Waals surface area contributed by atoms with Crippen molar-refractivity contribution in [2.45, 2.75) is 58.7 Å². The van der Waals surface area contributed by atoms with Crippen molar-refractivity contribution in [2.75, 3.05) is 32.7 Å². The number of amides is 2. The van der Waals surface area contributed by atoms with E-state index in [0.717, 1.165) is 44.6 Å². The molecule has 2 N–H and O–H groups in total. The third kappa shape index (κ3) is 7.60. The minimum Gasteiger partial charge on any atom is -0.351 e. The highest BCUT2D eigenvalue weighted by atomic mass is 16.2. The van der Waals surface area contributed by atoms with E-state index in [0.29, 0.717) is 13.1 Å². The van der Waals surface area contributed by atoms with Crippen molar-refractivity contribution in [3.63, 3.8) is 0 Å². The van der Waals surface area contributed by atoms with Crippen molar-refractivity contribution in [2.24, 2.45) is 0 Å². The smallest absolute Gasteiger partial charge is 0.237 e. The van der Waals surface area contributed by atoms with Crippen LogP contribution in [0.2, 0.25) is 0 Å². The molecule has 6 nitrogen and oxygen atoms in total. The van der Waals surface area contributed by atoms with E-state index in [1.165, 1.54) is 0 Å². The highest BCUT2D eigenvalue weighted by Crippen LogP contribution is 2.11. The first-order valence-electron chi connectivity index (χ1n) is 10.4. The van der Waals surface area contributed by atoms with Gasteiger partial charge < -0.3 is 10.6 Å². The zero-order valence-electron chi connectivity index (χ0n) is 17.8. The molecule has 0 bridgehead atoms. The topological polar surface area (TPSA) is 64.7 Å². The van der Waals surface area contributed by atoms with Crippen LogP contribution in [0, 0.1) is 0 Å². The molecule has 0 unspecified atom stereocenters. The predicted octanol–water partition coefficient (Wildman–Crippen LogP) is 2.00. The lowest BCUT2D eigenvalue weighted by molar-refractivity contribution is -0.127. The van der Waals surface area contributed by atoms with Gasteiger partial charge in [0.2, 0.25) is 11.8 Å². The first-order chi connectivity index (χ1) is 13.3. The number of carbonyl (C=O) groups excluding carboxylic acids is 2. The van der Waals surface area contributed by atoms with Crippen LogP contribution in [-0.4, -0.2) is 65.9 Å². The van der Waals surface area contributed by atoms with Crippen LogP contribution < -0.4 is 10.6 Å². The number of nitrogens with zero attached hydrogens (tertiary/aromatic N) is 2. The Morgan fingerprint density at radius 3 is 2.43 bits per heavy atom. The Morgan fingerprint density at radius 1 is 1.07 bits per heavy atom. The van der Waals surface area contributed by atoms with E-state index in [1.807, 2.05) is 51.1 Å². The first kappa shape index (κ1) is 22.4. The average Bonchev–Trinajstić information content (AvgIpc) is 2.85. The lowest BCUT2D eigenvalue weighted by Crippen LogP contribution is -2.48. The van der Waals surface area contributed by atoms with E-state index >= 15 is 0 Å². The number of nitrogens with one attached hydrogen (secondary N) is 2. The molecular weight excluding hydrogens is 352 g/mol. The van der Waals surface area contributed by atoms with Gasteiger partial charge in [-0.3, -0.25) is 19.4 Å². The normalized spacial score (nSPS) is 17.6. The summed E-state index contributed by atoms with van der Waals surface area (Å²) in [5.74, 6) is 0.152. The summed E-state index contributed by atoms with van der Waals surface area (Å²) in [5.41, 5.74) is 0.900. The SMILES string of the molecule is CC[C@@H](C(=O)NCc1ccccc1)N1CCCN(CC(=O)NC(C)(C)C)CC1. The van der Waals surface area contributed by atoms with Crippen LogP contribution in [0.5, 0.6) is 0 Å². The van der Waals surface area contributed by atoms with E-state index in [2.05, 4.69) is 27.4 Å². The summed E-state index contributed by atoms with van der Waals surface area (Å²) in [4.78, 5) is 29.4. The minimum absolute atomic E-state index is 0.0635. The Morgan fingerprint density at radius 2 is 1.79 bits per heavy atom. The second-order valence-corrected chi connectivity index (χ2v) is 8.59. The van der Waals surface area contributed by atoms with Gasteiger partial charge in [0.15, 0.2) is 0 Å². The Labute approximate surface area is 169 Å². The molecule has 1 fully saturated rings. The van der Waals surface area contributed by atoms with Gasteiger partial charge in [-0.25, -0.2) is 0 Å². The van der Waals surface area contributed by atoms with Crippen LogP contribution in [0.1, 0.15) is 46.1 Å². The summed E-state index contributed by atoms with van der Waals surface area (Å²) in [6.07, 6.45) is 1.75. The van der Waals surface area contributed by atoms with Gasteiger partial charge in [0.05, 0.1) is 12.6 Å². The van der Waals surface area contributed by atoms with Gasteiger partial charge in [-0.2, -0.15) is 0 Å². The van der Waals surface area contributed by atoms with Crippen molar-refractivity contribution < 1.29 is 9.59 Å². The second kappa shape index (κ2) is 10.6. The quantitative estimate of drug-likeness (QED) is 0.750. The molecule has 2 rings (SSSR count). The zero-order valence-corrected chi connectivity index (χ0v) is 17.8. The lowest BCUT2D eigenvalue weighted by Gasteiger charge is -2.29. The van der Waals surface area contributed by atoms with Gasteiger partial charge in [-0.05, 0) is 45.7 Å². The standard InChI is InChI=1S/C22H36N4O2/c1-5-19(21(28)23-16-18-10-7-6-8-11-18)26-13-9-12-25(14-15-26)17-20(27)24-22(2,3)4/h6-8,10-11,19H,5,9,12-17H2,1-4H3,(H,23,28)(H,24,27)/t19-/m0/s1. The molecule has 0 radical (unpaired) electrons. The summed E-state index contributed by atoms with van der Waals surface area (Å²) < 4.78 is 0. The number of rotatable bonds is 7. The monoisotopic (exact) mass is 388 g/mol. The maximum Gasteiger partial charge on any atom is 0.237 e. The molecule has 1 saturated heterocycles. The van der Waals surface area contributed by atoms with E-state index in [9.17, 15) is 9.59 Å². The zero-order chi connectivity index (χ0) is 20.6. The highest BCUT2D eigenvalue weighted by molar-refractivity contribution is 5.81. The van der Waals surface area contributed by atoms with E-state index in [-0.39, 0.29) is 23.4 Å². The largest absolute Gasteiger partial charge is 0.351 e. The van der Waals surface area contributed by atoms with Gasteiger partial charge in [-0.1, -0.05) is 37.3 Å². The van der Waals surface area contributed by atoms with Crippen molar-refractivity contribution in [1.82, 2.24) is 20.4 Å². The summed E-state index contributed by atoms with van der Waals surface area (Å²) in [7, 11) is 0. The molecule has 1 aromatic rings. The number of benzene rings is 1. The van der Waals surface area contributed by atoms with E-state index in [4.69, 9.17) is 0 Å². The van der Waals surface area contributed by atoms with E-state index in [1.54, 1.807) is 0 Å². The summed E-state index contributed by atoms with van der Waals surface area (Å²) in [6, 6.07) is 9.87.